The molecule has 3 heterocycles. The number of pyridine rings is 1. The molecule has 0 atom stereocenters. The Morgan fingerprint density at radius 2 is 1.90 bits per heavy atom. The van der Waals surface area contributed by atoms with Crippen LogP contribution in [0, 0.1) is 11.3 Å². The lowest BCUT2D eigenvalue weighted by molar-refractivity contribution is 0.156. The van der Waals surface area contributed by atoms with Crippen molar-refractivity contribution in [3.63, 3.8) is 0 Å². The molecule has 0 saturated carbocycles. The van der Waals surface area contributed by atoms with E-state index in [9.17, 15) is 5.26 Å². The fraction of sp³-hybridized carbons (Fsp3) is 0.300. The van der Waals surface area contributed by atoms with Gasteiger partial charge in [-0.1, -0.05) is 31.7 Å². The average Bonchev–Trinajstić information content (AvgIpc) is 3.31. The molecule has 0 unspecified atom stereocenters. The lowest BCUT2D eigenvalue weighted by Gasteiger charge is -2.36. The first-order valence-corrected chi connectivity index (χ1v) is 13.0. The number of anilines is 2. The molecule has 0 bridgehead atoms. The van der Waals surface area contributed by atoms with Crippen LogP contribution in [0.15, 0.2) is 93.3 Å². The molecule has 2 N–H and O–H groups in total. The molecule has 2 aliphatic heterocycles. The number of allylic oxidation sites excluding steroid dienone is 3. The first kappa shape index (κ1) is 27.5. The van der Waals surface area contributed by atoms with E-state index in [1.807, 2.05) is 12.1 Å². The van der Waals surface area contributed by atoms with Gasteiger partial charge in [0.15, 0.2) is 11.7 Å². The molecule has 2 aromatic rings. The molecule has 0 amide bonds. The molecule has 4 rings (SSSR count). The van der Waals surface area contributed by atoms with E-state index in [0.29, 0.717) is 11.4 Å². The lowest BCUT2D eigenvalue weighted by atomic mass is 10.1. The van der Waals surface area contributed by atoms with E-state index in [0.717, 1.165) is 73.5 Å². The van der Waals surface area contributed by atoms with E-state index < -0.39 is 0 Å². The number of aromatic nitrogens is 1. The quantitative estimate of drug-likeness (QED) is 0.319. The predicted octanol–water partition coefficient (Wildman–Crippen LogP) is 4.03. The Kier molecular flexibility index (Phi) is 9.02. The second kappa shape index (κ2) is 12.8. The van der Waals surface area contributed by atoms with Crippen LogP contribution in [-0.4, -0.2) is 72.9 Å². The van der Waals surface area contributed by atoms with E-state index in [2.05, 4.69) is 79.6 Å². The SMILES string of the molecule is C=C(/C=C(/C#N)C=NC)N1CCN(Cc2ccc(N3C(=NC)/C(=C\CC)N=C3c3cccnc3N)cc2)CC1. The number of amidine groups is 2. The molecule has 9 heteroatoms. The highest BCUT2D eigenvalue weighted by Gasteiger charge is 2.31. The van der Waals surface area contributed by atoms with Gasteiger partial charge in [-0.25, -0.2) is 9.98 Å². The van der Waals surface area contributed by atoms with Crippen molar-refractivity contribution < 1.29 is 0 Å². The van der Waals surface area contributed by atoms with Gasteiger partial charge in [-0.3, -0.25) is 19.8 Å². The minimum atomic E-state index is 0.436. The molecule has 1 fully saturated rings. The zero-order valence-corrected chi connectivity index (χ0v) is 22.9. The van der Waals surface area contributed by atoms with Crippen molar-refractivity contribution in [1.82, 2.24) is 14.8 Å². The van der Waals surface area contributed by atoms with Gasteiger partial charge in [-0.2, -0.15) is 5.26 Å². The van der Waals surface area contributed by atoms with E-state index >= 15 is 0 Å². The number of nitrogens with zero attached hydrogens (tertiary/aromatic N) is 8. The Morgan fingerprint density at radius 1 is 1.15 bits per heavy atom. The third-order valence-corrected chi connectivity index (χ3v) is 6.67. The van der Waals surface area contributed by atoms with Crippen molar-refractivity contribution in [2.75, 3.05) is 50.9 Å². The van der Waals surface area contributed by atoms with E-state index in [1.54, 1.807) is 32.6 Å². The minimum absolute atomic E-state index is 0.436. The highest BCUT2D eigenvalue weighted by atomic mass is 15.3. The van der Waals surface area contributed by atoms with Gasteiger partial charge in [0, 0.05) is 70.6 Å². The van der Waals surface area contributed by atoms with E-state index in [4.69, 9.17) is 10.7 Å². The summed E-state index contributed by atoms with van der Waals surface area (Å²) in [4.78, 5) is 24.4. The number of hydrogen-bond acceptors (Lipinski definition) is 8. The Hall–Kier alpha value is -4.55. The van der Waals surface area contributed by atoms with Crippen molar-refractivity contribution in [2.24, 2.45) is 15.0 Å². The minimum Gasteiger partial charge on any atom is -0.383 e. The Balaban J connectivity index is 1.46. The van der Waals surface area contributed by atoms with Crippen LogP contribution in [0.25, 0.3) is 0 Å². The normalized spacial score (nSPS) is 18.7. The largest absolute Gasteiger partial charge is 0.383 e. The van der Waals surface area contributed by atoms with E-state index in [1.165, 1.54) is 5.56 Å². The zero-order valence-electron chi connectivity index (χ0n) is 22.9. The summed E-state index contributed by atoms with van der Waals surface area (Å²) in [6.07, 6.45) is 7.97. The molecule has 0 radical (unpaired) electrons. The second-order valence-corrected chi connectivity index (χ2v) is 9.27. The summed E-state index contributed by atoms with van der Waals surface area (Å²) >= 11 is 0. The molecule has 200 valence electrons. The molecule has 2 aliphatic rings. The first-order chi connectivity index (χ1) is 19.0. The fourth-order valence-corrected chi connectivity index (χ4v) is 4.72. The summed E-state index contributed by atoms with van der Waals surface area (Å²) < 4.78 is 0. The number of hydrogen-bond donors (Lipinski definition) is 1. The van der Waals surface area contributed by atoms with Crippen LogP contribution in [0.2, 0.25) is 0 Å². The van der Waals surface area contributed by atoms with Crippen molar-refractivity contribution in [3.05, 3.63) is 89.4 Å². The topological polar surface area (TPSA) is 110 Å². The number of nitriles is 1. The van der Waals surface area contributed by atoms with Crippen LogP contribution in [0.5, 0.6) is 0 Å². The lowest BCUT2D eigenvalue weighted by Crippen LogP contribution is -2.44. The number of nitrogen functional groups attached to an aromatic ring is 1. The molecule has 39 heavy (non-hydrogen) atoms. The number of benzene rings is 1. The van der Waals surface area contributed by atoms with Gasteiger partial charge in [0.1, 0.15) is 17.6 Å². The number of piperazine rings is 1. The average molecular weight is 522 g/mol. The first-order valence-electron chi connectivity index (χ1n) is 13.0. The molecule has 0 spiro atoms. The van der Waals surface area contributed by atoms with Gasteiger partial charge >= 0.3 is 0 Å². The summed E-state index contributed by atoms with van der Waals surface area (Å²) in [7, 11) is 3.44. The molecule has 1 aromatic carbocycles. The van der Waals surface area contributed by atoms with Gasteiger partial charge in [-0.15, -0.1) is 0 Å². The molecule has 1 saturated heterocycles. The smallest absolute Gasteiger partial charge is 0.159 e. The Morgan fingerprint density at radius 3 is 2.51 bits per heavy atom. The number of nitrogens with two attached hydrogens (primary N) is 1. The number of rotatable bonds is 8. The zero-order chi connectivity index (χ0) is 27.8. The van der Waals surface area contributed by atoms with Gasteiger partial charge in [0.25, 0.3) is 0 Å². The molecule has 9 nitrogen and oxygen atoms in total. The Bertz CT molecular complexity index is 1380. The highest BCUT2D eigenvalue weighted by Crippen LogP contribution is 2.29. The predicted molar refractivity (Wildman–Crippen MR) is 160 cm³/mol. The highest BCUT2D eigenvalue weighted by molar-refractivity contribution is 6.34. The van der Waals surface area contributed by atoms with E-state index in [-0.39, 0.29) is 0 Å². The molecular formula is C30H35N9. The van der Waals surface area contributed by atoms with Crippen LogP contribution in [0.3, 0.4) is 0 Å². The third-order valence-electron chi connectivity index (χ3n) is 6.67. The van der Waals surface area contributed by atoms with Crippen LogP contribution in [0.4, 0.5) is 11.5 Å². The van der Waals surface area contributed by atoms with Crippen molar-refractivity contribution in [3.8, 4) is 6.07 Å². The van der Waals surface area contributed by atoms with Gasteiger partial charge in [-0.05, 0) is 42.3 Å². The maximum Gasteiger partial charge on any atom is 0.159 e. The van der Waals surface area contributed by atoms with Gasteiger partial charge < -0.3 is 10.6 Å². The van der Waals surface area contributed by atoms with Crippen molar-refractivity contribution in [2.45, 2.75) is 19.9 Å². The van der Waals surface area contributed by atoms with Gasteiger partial charge in [0.2, 0.25) is 0 Å². The molecule has 0 aliphatic carbocycles. The summed E-state index contributed by atoms with van der Waals surface area (Å²) in [5.74, 6) is 1.95. The second-order valence-electron chi connectivity index (χ2n) is 9.27. The Labute approximate surface area is 230 Å². The third kappa shape index (κ3) is 6.30. The standard InChI is InChI=1S/C30H35N9/c1-5-7-27-30(34-4)39(29(36-27)26-8-6-13-35-28(26)32)25-11-9-23(10-12-25)21-37-14-16-38(17-15-37)22(2)18-24(19-31)20-33-3/h6-13,18,20H,2,5,14-17,21H2,1,3-4H3,(H2,32,35)/b24-18-,27-7+,33-20?,34-30?. The maximum absolute atomic E-state index is 9.25. The van der Waals surface area contributed by atoms with Crippen LogP contribution in [-0.2, 0) is 6.54 Å². The fourth-order valence-electron chi connectivity index (χ4n) is 4.72. The summed E-state index contributed by atoms with van der Waals surface area (Å²) in [5.41, 5.74) is 11.4. The van der Waals surface area contributed by atoms with Crippen molar-refractivity contribution in [1.29, 1.82) is 5.26 Å². The number of aliphatic imine (C=N–C) groups is 3. The molecular weight excluding hydrogens is 486 g/mol. The maximum atomic E-state index is 9.25. The van der Waals surface area contributed by atoms with Crippen LogP contribution >= 0.6 is 0 Å². The monoisotopic (exact) mass is 521 g/mol. The van der Waals surface area contributed by atoms with Crippen LogP contribution < -0.4 is 10.6 Å². The van der Waals surface area contributed by atoms with Gasteiger partial charge in [0.05, 0.1) is 11.1 Å². The summed E-state index contributed by atoms with van der Waals surface area (Å²) in [5, 5.41) is 9.25. The summed E-state index contributed by atoms with van der Waals surface area (Å²) in [6, 6.07) is 14.5. The summed E-state index contributed by atoms with van der Waals surface area (Å²) in [6.45, 7) is 10.6. The van der Waals surface area contributed by atoms with Crippen LogP contribution in [0.1, 0.15) is 24.5 Å². The molecule has 1 aromatic heterocycles. The van der Waals surface area contributed by atoms with Crippen molar-refractivity contribution >= 4 is 29.4 Å².